The first-order valence-electron chi connectivity index (χ1n) is 8.50. The third kappa shape index (κ3) is 4.09. The zero-order valence-corrected chi connectivity index (χ0v) is 15.5. The quantitative estimate of drug-likeness (QED) is 0.566. The van der Waals surface area contributed by atoms with E-state index in [0.29, 0.717) is 13.1 Å². The number of sulfonamides is 1. The van der Waals surface area contributed by atoms with Crippen LogP contribution in [0.1, 0.15) is 19.8 Å². The molecule has 1 fully saturated rings. The minimum Gasteiger partial charge on any atom is -0.447 e. The van der Waals surface area contributed by atoms with Gasteiger partial charge in [0.05, 0.1) is 9.82 Å². The number of halogens is 1. The first kappa shape index (κ1) is 19.2. The van der Waals surface area contributed by atoms with Crippen molar-refractivity contribution in [3.05, 3.63) is 58.4 Å². The number of ether oxygens (including phenoxy) is 1. The van der Waals surface area contributed by atoms with E-state index in [4.69, 9.17) is 4.74 Å². The molecule has 2 aromatic carbocycles. The van der Waals surface area contributed by atoms with Gasteiger partial charge < -0.3 is 4.74 Å². The van der Waals surface area contributed by atoms with Gasteiger partial charge in [-0.05, 0) is 43.0 Å². The zero-order valence-electron chi connectivity index (χ0n) is 14.7. The first-order chi connectivity index (χ1) is 12.8. The van der Waals surface area contributed by atoms with Crippen molar-refractivity contribution in [2.75, 3.05) is 13.1 Å². The van der Waals surface area contributed by atoms with Crippen LogP contribution < -0.4 is 4.74 Å². The predicted octanol–water partition coefficient (Wildman–Crippen LogP) is 3.95. The Morgan fingerprint density at radius 3 is 2.63 bits per heavy atom. The Morgan fingerprint density at radius 2 is 1.96 bits per heavy atom. The molecular weight excluding hydrogens is 375 g/mol. The number of benzene rings is 2. The zero-order chi connectivity index (χ0) is 19.6. The number of hydrogen-bond donors (Lipinski definition) is 0. The molecule has 0 aromatic heterocycles. The molecule has 1 saturated heterocycles. The highest BCUT2D eigenvalue weighted by Gasteiger charge is 2.31. The van der Waals surface area contributed by atoms with Crippen LogP contribution in [0, 0.1) is 21.8 Å². The van der Waals surface area contributed by atoms with Gasteiger partial charge in [-0.25, -0.2) is 12.8 Å². The molecule has 7 nitrogen and oxygen atoms in total. The highest BCUT2D eigenvalue weighted by Crippen LogP contribution is 2.35. The molecule has 0 radical (unpaired) electrons. The topological polar surface area (TPSA) is 89.8 Å². The van der Waals surface area contributed by atoms with Crippen LogP contribution in [0.4, 0.5) is 10.1 Å². The molecule has 1 heterocycles. The summed E-state index contributed by atoms with van der Waals surface area (Å²) in [5.41, 5.74) is -0.538. The summed E-state index contributed by atoms with van der Waals surface area (Å²) in [6, 6.07) is 8.89. The summed E-state index contributed by atoms with van der Waals surface area (Å²) in [5.74, 6) is -0.852. The van der Waals surface area contributed by atoms with Crippen LogP contribution in [0.3, 0.4) is 0 Å². The standard InChI is InChI=1S/C18H19FN2O5S/c1-13-5-4-10-20(12-13)27(24,25)14-8-9-18(16(11-14)21(22)23)26-17-7-3-2-6-15(17)19/h2-3,6-9,11,13H,4-5,10,12H2,1H3/t13-/m1/s1. The van der Waals surface area contributed by atoms with Crippen LogP contribution in [-0.4, -0.2) is 30.7 Å². The Labute approximate surface area is 156 Å². The third-order valence-electron chi connectivity index (χ3n) is 4.44. The average Bonchev–Trinajstić information content (AvgIpc) is 2.63. The third-order valence-corrected chi connectivity index (χ3v) is 6.30. The Kier molecular flexibility index (Phi) is 5.43. The van der Waals surface area contributed by atoms with Crippen LogP contribution in [0.25, 0.3) is 0 Å². The molecule has 1 aliphatic heterocycles. The average molecular weight is 394 g/mol. The van der Waals surface area contributed by atoms with Crippen molar-refractivity contribution < 1.29 is 22.5 Å². The molecule has 0 aliphatic carbocycles. The van der Waals surface area contributed by atoms with Crippen molar-refractivity contribution in [3.63, 3.8) is 0 Å². The number of nitrogens with zero attached hydrogens (tertiary/aromatic N) is 2. The lowest BCUT2D eigenvalue weighted by Gasteiger charge is -2.30. The van der Waals surface area contributed by atoms with E-state index >= 15 is 0 Å². The second kappa shape index (κ2) is 7.61. The number of piperidine rings is 1. The molecule has 0 N–H and O–H groups in total. The van der Waals surface area contributed by atoms with Crippen LogP contribution in [0.5, 0.6) is 11.5 Å². The maximum atomic E-state index is 13.8. The maximum Gasteiger partial charge on any atom is 0.312 e. The lowest BCUT2D eigenvalue weighted by Crippen LogP contribution is -2.39. The van der Waals surface area contributed by atoms with E-state index in [0.717, 1.165) is 25.0 Å². The van der Waals surface area contributed by atoms with E-state index in [1.54, 1.807) is 0 Å². The predicted molar refractivity (Wildman–Crippen MR) is 96.7 cm³/mol. The Bertz CT molecular complexity index is 964. The lowest BCUT2D eigenvalue weighted by atomic mass is 10.0. The number of rotatable bonds is 5. The fourth-order valence-corrected chi connectivity index (χ4v) is 4.67. The molecule has 1 atom stereocenters. The van der Waals surface area contributed by atoms with Crippen molar-refractivity contribution in [2.24, 2.45) is 5.92 Å². The summed E-state index contributed by atoms with van der Waals surface area (Å²) in [6.07, 6.45) is 1.69. The Balaban J connectivity index is 1.96. The summed E-state index contributed by atoms with van der Waals surface area (Å²) in [5, 5.41) is 11.4. The molecule has 1 aliphatic rings. The number of para-hydroxylation sites is 1. The smallest absolute Gasteiger partial charge is 0.312 e. The largest absolute Gasteiger partial charge is 0.447 e. The molecule has 0 unspecified atom stereocenters. The minimum atomic E-state index is -3.85. The van der Waals surface area contributed by atoms with E-state index in [1.165, 1.54) is 34.6 Å². The monoisotopic (exact) mass is 394 g/mol. The highest BCUT2D eigenvalue weighted by molar-refractivity contribution is 7.89. The molecule has 0 bridgehead atoms. The summed E-state index contributed by atoms with van der Waals surface area (Å²) in [7, 11) is -3.85. The fourth-order valence-electron chi connectivity index (χ4n) is 3.05. The van der Waals surface area contributed by atoms with E-state index in [-0.39, 0.29) is 22.3 Å². The van der Waals surface area contributed by atoms with Crippen molar-refractivity contribution in [3.8, 4) is 11.5 Å². The van der Waals surface area contributed by atoms with Crippen molar-refractivity contribution in [2.45, 2.75) is 24.7 Å². The fraction of sp³-hybridized carbons (Fsp3) is 0.333. The van der Waals surface area contributed by atoms with Crippen molar-refractivity contribution in [1.29, 1.82) is 0 Å². The molecule has 27 heavy (non-hydrogen) atoms. The summed E-state index contributed by atoms with van der Waals surface area (Å²) in [4.78, 5) is 10.5. The van der Waals surface area contributed by atoms with Crippen LogP contribution >= 0.6 is 0 Å². The van der Waals surface area contributed by atoms with E-state index in [1.807, 2.05) is 6.92 Å². The molecular formula is C18H19FN2O5S. The molecule has 144 valence electrons. The van der Waals surface area contributed by atoms with Gasteiger partial charge in [0.25, 0.3) is 0 Å². The van der Waals surface area contributed by atoms with Gasteiger partial charge in [0.2, 0.25) is 15.8 Å². The maximum absolute atomic E-state index is 13.8. The van der Waals surface area contributed by atoms with Gasteiger partial charge in [-0.3, -0.25) is 10.1 Å². The van der Waals surface area contributed by atoms with Gasteiger partial charge in [0, 0.05) is 19.2 Å². The van der Waals surface area contributed by atoms with Gasteiger partial charge in [0.15, 0.2) is 11.6 Å². The summed E-state index contributed by atoms with van der Waals surface area (Å²) < 4.78 is 46.1. The first-order valence-corrected chi connectivity index (χ1v) is 9.94. The lowest BCUT2D eigenvalue weighted by molar-refractivity contribution is -0.385. The Hall–Kier alpha value is -2.52. The minimum absolute atomic E-state index is 0.177. The van der Waals surface area contributed by atoms with E-state index in [9.17, 15) is 22.9 Å². The molecule has 9 heteroatoms. The molecule has 0 amide bonds. The summed E-state index contributed by atoms with van der Waals surface area (Å²) >= 11 is 0. The van der Waals surface area contributed by atoms with E-state index in [2.05, 4.69) is 0 Å². The van der Waals surface area contributed by atoms with Gasteiger partial charge >= 0.3 is 5.69 Å². The molecule has 0 saturated carbocycles. The molecule has 0 spiro atoms. The van der Waals surface area contributed by atoms with Gasteiger partial charge in [-0.1, -0.05) is 19.1 Å². The van der Waals surface area contributed by atoms with Crippen LogP contribution in [-0.2, 0) is 10.0 Å². The van der Waals surface area contributed by atoms with Gasteiger partial charge in [0.1, 0.15) is 0 Å². The SMILES string of the molecule is C[C@@H]1CCCN(S(=O)(=O)c2ccc(Oc3ccccc3F)c([N+](=O)[O-])c2)C1. The van der Waals surface area contributed by atoms with Crippen LogP contribution in [0.15, 0.2) is 47.4 Å². The van der Waals surface area contributed by atoms with Crippen molar-refractivity contribution >= 4 is 15.7 Å². The van der Waals surface area contributed by atoms with Crippen LogP contribution in [0.2, 0.25) is 0 Å². The normalized spacial score (nSPS) is 18.2. The highest BCUT2D eigenvalue weighted by atomic mass is 32.2. The summed E-state index contributed by atoms with van der Waals surface area (Å²) in [6.45, 7) is 2.73. The number of hydrogen-bond acceptors (Lipinski definition) is 5. The second-order valence-electron chi connectivity index (χ2n) is 6.53. The number of nitro benzene ring substituents is 1. The van der Waals surface area contributed by atoms with Gasteiger partial charge in [-0.2, -0.15) is 4.31 Å². The molecule has 2 aromatic rings. The number of nitro groups is 1. The van der Waals surface area contributed by atoms with E-state index < -0.39 is 26.5 Å². The van der Waals surface area contributed by atoms with Crippen molar-refractivity contribution in [1.82, 2.24) is 4.31 Å². The molecule has 3 rings (SSSR count). The van der Waals surface area contributed by atoms with Gasteiger partial charge in [-0.15, -0.1) is 0 Å². The second-order valence-corrected chi connectivity index (χ2v) is 8.47. The Morgan fingerprint density at radius 1 is 1.22 bits per heavy atom.